The van der Waals surface area contributed by atoms with Crippen LogP contribution in [0.2, 0.25) is 19.1 Å². The van der Waals surface area contributed by atoms with E-state index in [9.17, 15) is 9.59 Å². The van der Waals surface area contributed by atoms with Crippen LogP contribution in [0, 0.1) is 0 Å². The monoisotopic (exact) mass is 309 g/mol. The summed E-state index contributed by atoms with van der Waals surface area (Å²) in [6.07, 6.45) is 0.411. The molecule has 0 heterocycles. The topological polar surface area (TPSA) is 58.6 Å². The smallest absolute Gasteiger partial charge is 0.183 e. The Morgan fingerprint density at radius 1 is 1.29 bits per heavy atom. The number of ether oxygens (including phenoxy) is 1. The van der Waals surface area contributed by atoms with Crippen LogP contribution in [-0.4, -0.2) is 38.1 Å². The summed E-state index contributed by atoms with van der Waals surface area (Å²) >= 11 is 0. The summed E-state index contributed by atoms with van der Waals surface area (Å²) in [5, 5.41) is 3.28. The van der Waals surface area contributed by atoms with E-state index >= 15 is 0 Å². The lowest BCUT2D eigenvalue weighted by atomic mass is 10.1. The normalized spacial score (nSPS) is 11.7. The largest absolute Gasteiger partial charge is 0.492 e. The first-order valence-electron chi connectivity index (χ1n) is 7.50. The van der Waals surface area contributed by atoms with Crippen LogP contribution in [0.4, 0.5) is 0 Å². The predicted molar refractivity (Wildman–Crippen MR) is 88.5 cm³/mol. The van der Waals surface area contributed by atoms with Crippen molar-refractivity contribution in [3.05, 3.63) is 29.8 Å². The van der Waals surface area contributed by atoms with E-state index < -0.39 is 8.32 Å². The summed E-state index contributed by atoms with van der Waals surface area (Å²) in [6.45, 7) is 9.29. The predicted octanol–water partition coefficient (Wildman–Crippen LogP) is 2.83. The fourth-order valence-electron chi connectivity index (χ4n) is 1.82. The summed E-state index contributed by atoms with van der Waals surface area (Å²) in [6, 6.07) is 8.28. The number of benzene rings is 1. The Labute approximate surface area is 128 Å². The zero-order valence-electron chi connectivity index (χ0n) is 13.5. The fourth-order valence-corrected chi connectivity index (χ4v) is 2.66. The summed E-state index contributed by atoms with van der Waals surface area (Å²) in [5.74, 6) is 0.853. The van der Waals surface area contributed by atoms with Gasteiger partial charge in [-0.1, -0.05) is 13.8 Å². The Hall–Kier alpha value is -1.17. The van der Waals surface area contributed by atoms with Gasteiger partial charge in [0.2, 0.25) is 0 Å². The molecule has 2 N–H and O–H groups in total. The molecule has 0 unspecified atom stereocenters. The molecular weight excluding hydrogens is 282 g/mol. The highest BCUT2D eigenvalue weighted by Crippen LogP contribution is 2.16. The molecule has 1 rings (SSSR count). The highest BCUT2D eigenvalue weighted by molar-refractivity contribution is 6.70. The molecule has 0 aliphatic rings. The van der Waals surface area contributed by atoms with Gasteiger partial charge < -0.3 is 14.8 Å². The van der Waals surface area contributed by atoms with Gasteiger partial charge in [0.15, 0.2) is 14.1 Å². The fraction of sp³-hybridized carbons (Fsp3) is 0.562. The molecule has 0 saturated carbocycles. The van der Waals surface area contributed by atoms with Crippen LogP contribution in [0.5, 0.6) is 5.75 Å². The van der Waals surface area contributed by atoms with E-state index in [1.807, 2.05) is 25.2 Å². The Morgan fingerprint density at radius 2 is 1.90 bits per heavy atom. The summed E-state index contributed by atoms with van der Waals surface area (Å²) in [7, 11) is -2.15. The maximum absolute atomic E-state index is 12.0. The molecule has 0 aromatic heterocycles. The zero-order chi connectivity index (χ0) is 15.9. The summed E-state index contributed by atoms with van der Waals surface area (Å²) in [4.78, 5) is 21.8. The van der Waals surface area contributed by atoms with Crippen molar-refractivity contribution in [2.75, 3.05) is 13.2 Å². The first kappa shape index (κ1) is 17.9. The van der Waals surface area contributed by atoms with Crippen molar-refractivity contribution in [3.63, 3.8) is 0 Å². The quantitative estimate of drug-likeness (QED) is 0.418. The molecule has 0 bridgehead atoms. The minimum Gasteiger partial charge on any atom is -0.492 e. The van der Waals surface area contributed by atoms with Gasteiger partial charge in [-0.15, -0.1) is 0 Å². The van der Waals surface area contributed by atoms with Crippen molar-refractivity contribution in [1.82, 2.24) is 5.32 Å². The van der Waals surface area contributed by atoms with Crippen LogP contribution >= 0.6 is 0 Å². The number of hydrogen-bond donors (Lipinski definition) is 2. The number of hydrogen-bond acceptors (Lipinski definition) is 4. The molecule has 4 nitrogen and oxygen atoms in total. The highest BCUT2D eigenvalue weighted by Gasteiger charge is 2.18. The molecule has 0 amide bonds. The third-order valence-corrected chi connectivity index (χ3v) is 4.54. The SMILES string of the molecule is CC(C)NCCOc1ccc(C(=O)CC[Si](C)(C)O)cc1. The standard InChI is InChI=1S/C16H27NO3Si/c1-13(2)17-10-11-20-15-7-5-14(6-8-15)16(18)9-12-21(3,4)19/h5-8,13,17,19H,9-12H2,1-4H3. The molecule has 5 heteroatoms. The number of nitrogens with one attached hydrogen (secondary N) is 1. The molecule has 0 radical (unpaired) electrons. The Bertz CT molecular complexity index is 438. The number of ketones is 1. The number of rotatable bonds is 9. The molecule has 118 valence electrons. The summed E-state index contributed by atoms with van der Waals surface area (Å²) < 4.78 is 5.60. The lowest BCUT2D eigenvalue weighted by Crippen LogP contribution is -2.27. The van der Waals surface area contributed by atoms with Gasteiger partial charge in [-0.05, 0) is 43.4 Å². The van der Waals surface area contributed by atoms with Crippen LogP contribution < -0.4 is 10.1 Å². The lowest BCUT2D eigenvalue weighted by Gasteiger charge is -2.13. The van der Waals surface area contributed by atoms with Crippen molar-refractivity contribution in [2.24, 2.45) is 0 Å². The zero-order valence-corrected chi connectivity index (χ0v) is 14.5. The van der Waals surface area contributed by atoms with Gasteiger partial charge in [0.1, 0.15) is 12.4 Å². The number of Topliss-reactive ketones (excluding diaryl/α,β-unsaturated/α-hetero) is 1. The van der Waals surface area contributed by atoms with Crippen LogP contribution in [0.1, 0.15) is 30.6 Å². The van der Waals surface area contributed by atoms with E-state index in [1.165, 1.54) is 0 Å². The number of carbonyl (C=O) groups is 1. The Morgan fingerprint density at radius 3 is 2.43 bits per heavy atom. The maximum Gasteiger partial charge on any atom is 0.183 e. The van der Waals surface area contributed by atoms with Gasteiger partial charge in [-0.2, -0.15) is 0 Å². The molecule has 0 aliphatic heterocycles. The minimum atomic E-state index is -2.15. The molecular formula is C16H27NO3Si. The van der Waals surface area contributed by atoms with Crippen molar-refractivity contribution < 1.29 is 14.3 Å². The van der Waals surface area contributed by atoms with Crippen molar-refractivity contribution in [2.45, 2.75) is 45.4 Å². The van der Waals surface area contributed by atoms with Crippen molar-refractivity contribution in [1.29, 1.82) is 0 Å². The third-order valence-electron chi connectivity index (χ3n) is 3.06. The molecule has 0 spiro atoms. The van der Waals surface area contributed by atoms with Crippen molar-refractivity contribution >= 4 is 14.1 Å². The van der Waals surface area contributed by atoms with E-state index in [-0.39, 0.29) is 5.78 Å². The average Bonchev–Trinajstić information content (AvgIpc) is 2.40. The molecule has 21 heavy (non-hydrogen) atoms. The van der Waals surface area contributed by atoms with Crippen LogP contribution in [0.15, 0.2) is 24.3 Å². The molecule has 1 aromatic carbocycles. The van der Waals surface area contributed by atoms with Gasteiger partial charge in [0.25, 0.3) is 0 Å². The summed E-state index contributed by atoms with van der Waals surface area (Å²) in [5.41, 5.74) is 0.681. The first-order valence-corrected chi connectivity index (χ1v) is 10.7. The van der Waals surface area contributed by atoms with Crippen molar-refractivity contribution in [3.8, 4) is 5.75 Å². The Kier molecular flexibility index (Phi) is 7.08. The molecule has 0 aliphatic carbocycles. The average molecular weight is 309 g/mol. The first-order chi connectivity index (χ1) is 9.78. The second-order valence-electron chi connectivity index (χ2n) is 6.22. The van der Waals surface area contributed by atoms with E-state index in [1.54, 1.807) is 12.1 Å². The van der Waals surface area contributed by atoms with Gasteiger partial charge >= 0.3 is 0 Å². The van der Waals surface area contributed by atoms with Gasteiger partial charge in [0, 0.05) is 24.6 Å². The molecule has 0 saturated heterocycles. The number of carbonyl (C=O) groups excluding carboxylic acids is 1. The van der Waals surface area contributed by atoms with Crippen LogP contribution in [0.25, 0.3) is 0 Å². The second kappa shape index (κ2) is 8.31. The van der Waals surface area contributed by atoms with Gasteiger partial charge in [-0.3, -0.25) is 4.79 Å². The minimum absolute atomic E-state index is 0.0812. The lowest BCUT2D eigenvalue weighted by molar-refractivity contribution is 0.0986. The maximum atomic E-state index is 12.0. The van der Waals surface area contributed by atoms with E-state index in [0.29, 0.717) is 30.7 Å². The van der Waals surface area contributed by atoms with Crippen LogP contribution in [-0.2, 0) is 0 Å². The van der Waals surface area contributed by atoms with Gasteiger partial charge in [0.05, 0.1) is 0 Å². The second-order valence-corrected chi connectivity index (χ2v) is 10.3. The van der Waals surface area contributed by atoms with Crippen LogP contribution in [0.3, 0.4) is 0 Å². The van der Waals surface area contributed by atoms with E-state index in [4.69, 9.17) is 4.74 Å². The Balaban J connectivity index is 2.41. The highest BCUT2D eigenvalue weighted by atomic mass is 28.4. The molecule has 0 fully saturated rings. The third kappa shape index (κ3) is 7.99. The van der Waals surface area contributed by atoms with E-state index in [2.05, 4.69) is 19.2 Å². The van der Waals surface area contributed by atoms with E-state index in [0.717, 1.165) is 12.3 Å². The molecule has 0 atom stereocenters. The molecule has 1 aromatic rings. The van der Waals surface area contributed by atoms with Gasteiger partial charge in [-0.25, -0.2) is 0 Å².